The van der Waals surface area contributed by atoms with Crippen molar-refractivity contribution in [2.75, 3.05) is 5.32 Å². The average molecular weight is 494 g/mol. The third-order valence-corrected chi connectivity index (χ3v) is 5.34. The number of hydrogen-bond acceptors (Lipinski definition) is 4. The lowest BCUT2D eigenvalue weighted by molar-refractivity contribution is 0.0735. The number of esters is 1. The molecular weight excluding hydrogens is 477 g/mol. The molecule has 0 saturated heterocycles. The van der Waals surface area contributed by atoms with Crippen molar-refractivity contribution in [2.45, 2.75) is 0 Å². The minimum atomic E-state index is -0.497. The van der Waals surface area contributed by atoms with Gasteiger partial charge in [0.15, 0.2) is 5.11 Å². The lowest BCUT2D eigenvalue weighted by Gasteiger charge is -2.11. The maximum Gasteiger partial charge on any atom is 0.343 e. The topological polar surface area (TPSA) is 62.7 Å². The van der Waals surface area contributed by atoms with E-state index in [-0.39, 0.29) is 5.11 Å². The van der Waals surface area contributed by atoms with Crippen molar-refractivity contribution in [1.82, 2.24) is 5.43 Å². The van der Waals surface area contributed by atoms with E-state index in [1.165, 1.54) is 0 Å². The first-order valence-corrected chi connectivity index (χ1v) is 11.0. The van der Waals surface area contributed by atoms with Crippen molar-refractivity contribution in [3.63, 3.8) is 0 Å². The predicted molar refractivity (Wildman–Crippen MR) is 139 cm³/mol. The number of ether oxygens (including phenoxy) is 1. The highest BCUT2D eigenvalue weighted by Crippen LogP contribution is 2.27. The van der Waals surface area contributed by atoms with Gasteiger partial charge in [0.1, 0.15) is 5.75 Å². The van der Waals surface area contributed by atoms with Gasteiger partial charge in [-0.15, -0.1) is 0 Å². The number of fused-ring (bicyclic) bond motifs is 1. The van der Waals surface area contributed by atoms with Crippen LogP contribution in [-0.4, -0.2) is 17.3 Å². The molecular formula is C25H17Cl2N3O2S. The van der Waals surface area contributed by atoms with Gasteiger partial charge in [0.05, 0.1) is 11.8 Å². The van der Waals surface area contributed by atoms with Crippen LogP contribution in [0.25, 0.3) is 10.8 Å². The van der Waals surface area contributed by atoms with Crippen LogP contribution in [0.15, 0.2) is 90.0 Å². The van der Waals surface area contributed by atoms with Crippen molar-refractivity contribution in [1.29, 1.82) is 0 Å². The Labute approximate surface area is 206 Å². The number of carbonyl (C=O) groups is 1. The standard InChI is InChI=1S/C25H17Cl2N3O2S/c26-18-11-8-17(9-12-18)24(31)32-23-13-10-16-4-1-2-7-21(16)22(23)15-28-30-25(33)29-20-6-3-5-19(27)14-20/h1-15H,(H2,29,30,33)/b28-15-. The lowest BCUT2D eigenvalue weighted by atomic mass is 10.0. The quantitative estimate of drug-likeness (QED) is 0.106. The Morgan fingerprint density at radius 2 is 1.70 bits per heavy atom. The second kappa shape index (κ2) is 10.4. The van der Waals surface area contributed by atoms with Crippen LogP contribution in [0.4, 0.5) is 5.69 Å². The zero-order chi connectivity index (χ0) is 23.2. The normalized spacial score (nSPS) is 10.8. The van der Waals surface area contributed by atoms with Gasteiger partial charge in [-0.3, -0.25) is 5.43 Å². The smallest absolute Gasteiger partial charge is 0.343 e. The van der Waals surface area contributed by atoms with Crippen molar-refractivity contribution >= 4 is 69.2 Å². The zero-order valence-corrected chi connectivity index (χ0v) is 19.4. The highest BCUT2D eigenvalue weighted by Gasteiger charge is 2.13. The summed E-state index contributed by atoms with van der Waals surface area (Å²) in [5.41, 5.74) is 4.53. The third-order valence-electron chi connectivity index (χ3n) is 4.66. The number of halogens is 2. The Balaban J connectivity index is 1.56. The van der Waals surface area contributed by atoms with E-state index < -0.39 is 5.97 Å². The third kappa shape index (κ3) is 5.87. The maximum absolute atomic E-state index is 12.7. The molecule has 8 heteroatoms. The van der Waals surface area contributed by atoms with Gasteiger partial charge in [0.25, 0.3) is 0 Å². The number of thiocarbonyl (C=S) groups is 1. The molecule has 164 valence electrons. The highest BCUT2D eigenvalue weighted by molar-refractivity contribution is 7.80. The Hall–Kier alpha value is -3.45. The molecule has 5 nitrogen and oxygen atoms in total. The molecule has 2 N–H and O–H groups in total. The summed E-state index contributed by atoms with van der Waals surface area (Å²) in [5.74, 6) is -0.129. The first kappa shape index (κ1) is 22.7. The summed E-state index contributed by atoms with van der Waals surface area (Å²) in [6.07, 6.45) is 1.57. The van der Waals surface area contributed by atoms with E-state index in [1.807, 2.05) is 42.5 Å². The molecule has 0 fully saturated rings. The number of hydrogen-bond donors (Lipinski definition) is 2. The number of rotatable bonds is 5. The molecule has 0 aliphatic heterocycles. The van der Waals surface area contributed by atoms with Crippen LogP contribution in [0.1, 0.15) is 15.9 Å². The number of nitrogens with zero attached hydrogens (tertiary/aromatic N) is 1. The van der Waals surface area contributed by atoms with Crippen LogP contribution in [0.3, 0.4) is 0 Å². The average Bonchev–Trinajstić information content (AvgIpc) is 2.80. The van der Waals surface area contributed by atoms with Crippen LogP contribution >= 0.6 is 35.4 Å². The van der Waals surface area contributed by atoms with Gasteiger partial charge in [-0.2, -0.15) is 5.10 Å². The van der Waals surface area contributed by atoms with Crippen molar-refractivity contribution in [3.8, 4) is 5.75 Å². The number of hydrazone groups is 1. The summed E-state index contributed by atoms with van der Waals surface area (Å²) in [5, 5.41) is 10.5. The minimum absolute atomic E-state index is 0.286. The van der Waals surface area contributed by atoms with Crippen molar-refractivity contribution in [3.05, 3.63) is 106 Å². The summed E-state index contributed by atoms with van der Waals surface area (Å²) in [4.78, 5) is 12.7. The van der Waals surface area contributed by atoms with Gasteiger partial charge >= 0.3 is 5.97 Å². The Morgan fingerprint density at radius 3 is 2.48 bits per heavy atom. The molecule has 0 aliphatic carbocycles. The molecule has 0 aliphatic rings. The molecule has 4 aromatic carbocycles. The fourth-order valence-electron chi connectivity index (χ4n) is 3.12. The van der Waals surface area contributed by atoms with E-state index in [2.05, 4.69) is 15.8 Å². The number of carbonyl (C=O) groups excluding carboxylic acids is 1. The largest absolute Gasteiger partial charge is 0.422 e. The van der Waals surface area contributed by atoms with Crippen molar-refractivity contribution < 1.29 is 9.53 Å². The number of anilines is 1. The predicted octanol–water partition coefficient (Wildman–Crippen LogP) is 6.69. The van der Waals surface area contributed by atoms with E-state index in [9.17, 15) is 4.79 Å². The van der Waals surface area contributed by atoms with Crippen molar-refractivity contribution in [2.24, 2.45) is 5.10 Å². The molecule has 0 atom stereocenters. The van der Waals surface area contributed by atoms with Crippen LogP contribution < -0.4 is 15.5 Å². The van der Waals surface area contributed by atoms with Crippen LogP contribution in [-0.2, 0) is 0 Å². The molecule has 0 bridgehead atoms. The summed E-state index contributed by atoms with van der Waals surface area (Å²) >= 11 is 17.2. The lowest BCUT2D eigenvalue weighted by Crippen LogP contribution is -2.23. The Bertz CT molecular complexity index is 1360. The monoisotopic (exact) mass is 493 g/mol. The molecule has 0 amide bonds. The minimum Gasteiger partial charge on any atom is -0.422 e. The SMILES string of the molecule is O=C(Oc1ccc2ccccc2c1/C=N\NC(=S)Nc1cccc(Cl)c1)c1ccc(Cl)cc1. The Morgan fingerprint density at radius 1 is 0.909 bits per heavy atom. The summed E-state index contributed by atoms with van der Waals surface area (Å²) in [6, 6.07) is 25.0. The Kier molecular flexibility index (Phi) is 7.19. The van der Waals surface area contributed by atoms with Gasteiger partial charge in [-0.1, -0.05) is 59.6 Å². The van der Waals surface area contributed by atoms with Gasteiger partial charge in [0.2, 0.25) is 0 Å². The van der Waals surface area contributed by atoms with E-state index in [4.69, 9.17) is 40.2 Å². The second-order valence-corrected chi connectivity index (χ2v) is 8.21. The molecule has 0 saturated carbocycles. The second-order valence-electron chi connectivity index (χ2n) is 6.93. The van der Waals surface area contributed by atoms with Gasteiger partial charge in [-0.05, 0) is 71.5 Å². The van der Waals surface area contributed by atoms with E-state index in [0.29, 0.717) is 26.9 Å². The number of nitrogens with one attached hydrogen (secondary N) is 2. The first-order chi connectivity index (χ1) is 16.0. The van der Waals surface area contributed by atoms with E-state index in [0.717, 1.165) is 16.5 Å². The summed E-state index contributed by atoms with van der Waals surface area (Å²) < 4.78 is 5.68. The summed E-state index contributed by atoms with van der Waals surface area (Å²) in [6.45, 7) is 0. The molecule has 0 unspecified atom stereocenters. The molecule has 33 heavy (non-hydrogen) atoms. The molecule has 0 spiro atoms. The number of benzene rings is 4. The summed E-state index contributed by atoms with van der Waals surface area (Å²) in [7, 11) is 0. The molecule has 4 aromatic rings. The molecule has 0 heterocycles. The van der Waals surface area contributed by atoms with E-state index in [1.54, 1.807) is 48.7 Å². The van der Waals surface area contributed by atoms with Crippen LogP contribution in [0.5, 0.6) is 5.75 Å². The molecule has 0 radical (unpaired) electrons. The van der Waals surface area contributed by atoms with Gasteiger partial charge < -0.3 is 10.1 Å². The van der Waals surface area contributed by atoms with Crippen LogP contribution in [0.2, 0.25) is 10.0 Å². The van der Waals surface area contributed by atoms with E-state index >= 15 is 0 Å². The molecule has 4 rings (SSSR count). The van der Waals surface area contributed by atoms with Gasteiger partial charge in [0, 0.05) is 21.3 Å². The van der Waals surface area contributed by atoms with Crippen LogP contribution in [0, 0.1) is 0 Å². The maximum atomic E-state index is 12.7. The highest BCUT2D eigenvalue weighted by atomic mass is 35.5. The zero-order valence-electron chi connectivity index (χ0n) is 17.1. The molecule has 0 aromatic heterocycles. The fraction of sp³-hybridized carbons (Fsp3) is 0. The first-order valence-electron chi connectivity index (χ1n) is 9.85. The fourth-order valence-corrected chi connectivity index (χ4v) is 3.61. The van der Waals surface area contributed by atoms with Gasteiger partial charge in [-0.25, -0.2) is 4.79 Å².